The molecule has 1 aromatic carbocycles. The van der Waals surface area contributed by atoms with Gasteiger partial charge in [-0.3, -0.25) is 4.98 Å². The molecule has 17 heavy (non-hydrogen) atoms. The molecule has 2 N–H and O–H groups in total. The molecule has 0 aliphatic rings. The van der Waals surface area contributed by atoms with Crippen LogP contribution in [-0.4, -0.2) is 10.1 Å². The zero-order valence-electron chi connectivity index (χ0n) is 10.1. The Morgan fingerprint density at radius 1 is 1.18 bits per heavy atom. The molecule has 0 unspecified atom stereocenters. The second kappa shape index (κ2) is 4.87. The molecule has 2 rings (SSSR count). The molecule has 1 aromatic heterocycles. The second-order valence-corrected chi connectivity index (χ2v) is 4.08. The summed E-state index contributed by atoms with van der Waals surface area (Å²) in [5.41, 5.74) is 3.69. The van der Waals surface area contributed by atoms with Gasteiger partial charge in [-0.15, -0.1) is 0 Å². The molecule has 0 aliphatic carbocycles. The van der Waals surface area contributed by atoms with Crippen LogP contribution in [0.1, 0.15) is 16.8 Å². The van der Waals surface area contributed by atoms with E-state index >= 15 is 0 Å². The molecule has 2 aromatic rings. The fraction of sp³-hybridized carbons (Fsp3) is 0.214. The lowest BCUT2D eigenvalue weighted by Crippen LogP contribution is -2.02. The zero-order chi connectivity index (χ0) is 12.3. The van der Waals surface area contributed by atoms with E-state index in [9.17, 15) is 5.11 Å². The molecular weight excluding hydrogens is 212 g/mol. The van der Waals surface area contributed by atoms with Crippen LogP contribution in [0.4, 0.5) is 5.69 Å². The minimum Gasteiger partial charge on any atom is -0.507 e. The molecule has 3 heteroatoms. The third-order valence-electron chi connectivity index (χ3n) is 2.82. The van der Waals surface area contributed by atoms with Gasteiger partial charge in [0.05, 0.1) is 12.2 Å². The van der Waals surface area contributed by atoms with Crippen LogP contribution >= 0.6 is 0 Å². The van der Waals surface area contributed by atoms with Gasteiger partial charge in [0.25, 0.3) is 0 Å². The number of hydrogen-bond acceptors (Lipinski definition) is 3. The number of phenols is 1. The maximum atomic E-state index is 9.83. The standard InChI is InChI=1S/C14H16N2O/c1-10-6-7-13(11(2)14(10)17)16-9-12-5-3-4-8-15-12/h3-8,16-17H,9H2,1-2H3. The van der Waals surface area contributed by atoms with Crippen molar-refractivity contribution < 1.29 is 5.11 Å². The van der Waals surface area contributed by atoms with Gasteiger partial charge in [-0.1, -0.05) is 12.1 Å². The van der Waals surface area contributed by atoms with Crippen LogP contribution in [0.25, 0.3) is 0 Å². The number of rotatable bonds is 3. The Labute approximate surface area is 101 Å². The predicted molar refractivity (Wildman–Crippen MR) is 69.1 cm³/mol. The molecular formula is C14H16N2O. The minimum atomic E-state index is 0.357. The fourth-order valence-corrected chi connectivity index (χ4v) is 1.72. The lowest BCUT2D eigenvalue weighted by molar-refractivity contribution is 0.467. The summed E-state index contributed by atoms with van der Waals surface area (Å²) in [6, 6.07) is 9.71. The Bertz CT molecular complexity index is 509. The van der Waals surface area contributed by atoms with Gasteiger partial charge in [0, 0.05) is 17.4 Å². The Balaban J connectivity index is 2.13. The van der Waals surface area contributed by atoms with Gasteiger partial charge < -0.3 is 10.4 Å². The molecule has 0 saturated carbocycles. The van der Waals surface area contributed by atoms with Gasteiger partial charge in [-0.05, 0) is 37.6 Å². The zero-order valence-corrected chi connectivity index (χ0v) is 10.1. The first-order valence-electron chi connectivity index (χ1n) is 5.61. The van der Waals surface area contributed by atoms with Crippen LogP contribution in [-0.2, 0) is 6.54 Å². The highest BCUT2D eigenvalue weighted by Gasteiger charge is 2.05. The summed E-state index contributed by atoms with van der Waals surface area (Å²) in [5, 5.41) is 13.1. The molecule has 0 saturated heterocycles. The summed E-state index contributed by atoms with van der Waals surface area (Å²) in [7, 11) is 0. The topological polar surface area (TPSA) is 45.2 Å². The van der Waals surface area contributed by atoms with E-state index in [0.717, 1.165) is 22.5 Å². The molecule has 3 nitrogen and oxygen atoms in total. The monoisotopic (exact) mass is 228 g/mol. The fourth-order valence-electron chi connectivity index (χ4n) is 1.72. The van der Waals surface area contributed by atoms with Crippen molar-refractivity contribution >= 4 is 5.69 Å². The summed E-state index contributed by atoms with van der Waals surface area (Å²) >= 11 is 0. The van der Waals surface area contributed by atoms with Crippen molar-refractivity contribution in [1.29, 1.82) is 0 Å². The number of nitrogens with one attached hydrogen (secondary N) is 1. The summed E-state index contributed by atoms with van der Waals surface area (Å²) in [6.45, 7) is 4.46. The van der Waals surface area contributed by atoms with Gasteiger partial charge in [-0.25, -0.2) is 0 Å². The number of pyridine rings is 1. The number of hydrogen-bond donors (Lipinski definition) is 2. The predicted octanol–water partition coefficient (Wildman–Crippen LogP) is 3.02. The Morgan fingerprint density at radius 2 is 2.00 bits per heavy atom. The van der Waals surface area contributed by atoms with Crippen molar-refractivity contribution in [3.05, 3.63) is 53.3 Å². The van der Waals surface area contributed by atoms with Crippen molar-refractivity contribution in [1.82, 2.24) is 4.98 Å². The highest BCUT2D eigenvalue weighted by atomic mass is 16.3. The molecule has 0 atom stereocenters. The van der Waals surface area contributed by atoms with Crippen LogP contribution in [0.5, 0.6) is 5.75 Å². The summed E-state index contributed by atoms with van der Waals surface area (Å²) < 4.78 is 0. The molecule has 0 fully saturated rings. The largest absolute Gasteiger partial charge is 0.507 e. The third-order valence-corrected chi connectivity index (χ3v) is 2.82. The lowest BCUT2D eigenvalue weighted by atomic mass is 10.1. The average molecular weight is 228 g/mol. The van der Waals surface area contributed by atoms with Crippen molar-refractivity contribution in [3.8, 4) is 5.75 Å². The van der Waals surface area contributed by atoms with E-state index in [2.05, 4.69) is 10.3 Å². The number of aryl methyl sites for hydroxylation is 1. The number of aromatic hydroxyl groups is 1. The van der Waals surface area contributed by atoms with Crippen LogP contribution in [0.2, 0.25) is 0 Å². The number of aromatic nitrogens is 1. The van der Waals surface area contributed by atoms with E-state index in [1.807, 2.05) is 44.2 Å². The first kappa shape index (κ1) is 11.5. The van der Waals surface area contributed by atoms with Crippen LogP contribution in [0.3, 0.4) is 0 Å². The van der Waals surface area contributed by atoms with Gasteiger partial charge in [0.15, 0.2) is 0 Å². The summed E-state index contributed by atoms with van der Waals surface area (Å²) in [4.78, 5) is 4.24. The first-order chi connectivity index (χ1) is 8.18. The van der Waals surface area contributed by atoms with Gasteiger partial charge in [-0.2, -0.15) is 0 Å². The third kappa shape index (κ3) is 2.56. The van der Waals surface area contributed by atoms with Crippen molar-refractivity contribution in [3.63, 3.8) is 0 Å². The summed E-state index contributed by atoms with van der Waals surface area (Å²) in [6.07, 6.45) is 1.77. The summed E-state index contributed by atoms with van der Waals surface area (Å²) in [5.74, 6) is 0.357. The van der Waals surface area contributed by atoms with E-state index in [-0.39, 0.29) is 0 Å². The van der Waals surface area contributed by atoms with Crippen LogP contribution in [0.15, 0.2) is 36.5 Å². The second-order valence-electron chi connectivity index (χ2n) is 4.08. The lowest BCUT2D eigenvalue weighted by Gasteiger charge is -2.11. The van der Waals surface area contributed by atoms with Crippen molar-refractivity contribution in [2.24, 2.45) is 0 Å². The van der Waals surface area contributed by atoms with E-state index in [1.165, 1.54) is 0 Å². The molecule has 0 radical (unpaired) electrons. The van der Waals surface area contributed by atoms with E-state index < -0.39 is 0 Å². The normalized spacial score (nSPS) is 10.2. The first-order valence-corrected chi connectivity index (χ1v) is 5.61. The number of phenolic OH excluding ortho intramolecular Hbond substituents is 1. The van der Waals surface area contributed by atoms with Gasteiger partial charge in [0.1, 0.15) is 5.75 Å². The smallest absolute Gasteiger partial charge is 0.123 e. The minimum absolute atomic E-state index is 0.357. The molecule has 0 spiro atoms. The van der Waals surface area contributed by atoms with Gasteiger partial charge in [0.2, 0.25) is 0 Å². The molecule has 0 bridgehead atoms. The number of anilines is 1. The maximum Gasteiger partial charge on any atom is 0.123 e. The number of benzene rings is 1. The highest BCUT2D eigenvalue weighted by molar-refractivity contribution is 5.59. The van der Waals surface area contributed by atoms with E-state index in [1.54, 1.807) is 6.20 Å². The molecule has 1 heterocycles. The van der Waals surface area contributed by atoms with Crippen LogP contribution < -0.4 is 5.32 Å². The van der Waals surface area contributed by atoms with Gasteiger partial charge >= 0.3 is 0 Å². The molecule has 88 valence electrons. The maximum absolute atomic E-state index is 9.83. The Kier molecular flexibility index (Phi) is 3.28. The van der Waals surface area contributed by atoms with Crippen molar-refractivity contribution in [2.45, 2.75) is 20.4 Å². The highest BCUT2D eigenvalue weighted by Crippen LogP contribution is 2.28. The average Bonchev–Trinajstić information content (AvgIpc) is 2.36. The van der Waals surface area contributed by atoms with Crippen molar-refractivity contribution in [2.75, 3.05) is 5.32 Å². The SMILES string of the molecule is Cc1ccc(NCc2ccccn2)c(C)c1O. The van der Waals surface area contributed by atoms with E-state index in [0.29, 0.717) is 12.3 Å². The quantitative estimate of drug-likeness (QED) is 0.848. The molecule has 0 aliphatic heterocycles. The van der Waals surface area contributed by atoms with E-state index in [4.69, 9.17) is 0 Å². The molecule has 0 amide bonds. The Morgan fingerprint density at radius 3 is 2.71 bits per heavy atom. The number of nitrogens with zero attached hydrogens (tertiary/aromatic N) is 1. The Hall–Kier alpha value is -2.03. The van der Waals surface area contributed by atoms with Crippen LogP contribution in [0, 0.1) is 13.8 Å².